The summed E-state index contributed by atoms with van der Waals surface area (Å²) in [5.41, 5.74) is 1.31. The van der Waals surface area contributed by atoms with Gasteiger partial charge in [0.25, 0.3) is 0 Å². The van der Waals surface area contributed by atoms with Crippen LogP contribution in [0.5, 0.6) is 0 Å². The quantitative estimate of drug-likeness (QED) is 0.503. The van der Waals surface area contributed by atoms with Crippen molar-refractivity contribution >= 4 is 19.5 Å². The molecule has 0 unspecified atom stereocenters. The van der Waals surface area contributed by atoms with Crippen molar-refractivity contribution in [1.82, 2.24) is 0 Å². The van der Waals surface area contributed by atoms with Crippen molar-refractivity contribution in [3.8, 4) is 0 Å². The number of hydrogen-bond donors (Lipinski definition) is 2. The highest BCUT2D eigenvalue weighted by atomic mass is 16.4. The van der Waals surface area contributed by atoms with Gasteiger partial charge in [-0.05, 0) is 11.6 Å². The lowest BCUT2D eigenvalue weighted by molar-refractivity contribution is 0.421. The SMILES string of the molecule is OB(O)C1=CC2=CC=N[C@H]2N=C1. The van der Waals surface area contributed by atoms with E-state index >= 15 is 0 Å². The van der Waals surface area contributed by atoms with E-state index in [1.165, 1.54) is 6.21 Å². The number of hydrogen-bond acceptors (Lipinski definition) is 4. The maximum absolute atomic E-state index is 8.83. The van der Waals surface area contributed by atoms with E-state index < -0.39 is 7.12 Å². The second-order valence-electron chi connectivity index (χ2n) is 2.63. The summed E-state index contributed by atoms with van der Waals surface area (Å²) in [5, 5.41) is 17.7. The molecule has 0 bridgehead atoms. The van der Waals surface area contributed by atoms with Crippen LogP contribution in [-0.2, 0) is 0 Å². The zero-order chi connectivity index (χ0) is 8.55. The molecule has 12 heavy (non-hydrogen) atoms. The smallest absolute Gasteiger partial charge is 0.423 e. The van der Waals surface area contributed by atoms with Gasteiger partial charge < -0.3 is 10.0 Å². The molecule has 0 aromatic rings. The van der Waals surface area contributed by atoms with Crippen molar-refractivity contribution < 1.29 is 10.0 Å². The molecule has 1 atom stereocenters. The van der Waals surface area contributed by atoms with Crippen LogP contribution in [0.25, 0.3) is 0 Å². The molecule has 0 aromatic heterocycles. The van der Waals surface area contributed by atoms with Gasteiger partial charge in [-0.3, -0.25) is 9.98 Å². The van der Waals surface area contributed by atoms with E-state index in [1.54, 1.807) is 12.3 Å². The third-order valence-electron chi connectivity index (χ3n) is 1.79. The standard InChI is InChI=1S/C7H7BN2O2/c11-8(12)6-3-5-1-2-9-7(5)10-4-6/h1-4,7,11-12H/t7-/m0/s1. The Morgan fingerprint density at radius 1 is 1.33 bits per heavy atom. The van der Waals surface area contributed by atoms with Gasteiger partial charge in [-0.2, -0.15) is 0 Å². The van der Waals surface area contributed by atoms with Crippen molar-refractivity contribution in [2.24, 2.45) is 9.98 Å². The molecule has 0 aromatic carbocycles. The molecule has 2 aliphatic heterocycles. The average molecular weight is 162 g/mol. The molecule has 2 aliphatic rings. The highest BCUT2D eigenvalue weighted by Crippen LogP contribution is 2.19. The third-order valence-corrected chi connectivity index (χ3v) is 1.79. The van der Waals surface area contributed by atoms with Crippen LogP contribution in [0.2, 0.25) is 0 Å². The Bertz CT molecular complexity index is 317. The molecule has 0 spiro atoms. The van der Waals surface area contributed by atoms with Crippen molar-refractivity contribution in [2.75, 3.05) is 0 Å². The van der Waals surface area contributed by atoms with E-state index in [2.05, 4.69) is 9.98 Å². The monoisotopic (exact) mass is 162 g/mol. The van der Waals surface area contributed by atoms with Crippen LogP contribution in [0.1, 0.15) is 0 Å². The van der Waals surface area contributed by atoms with E-state index in [4.69, 9.17) is 10.0 Å². The molecule has 0 aliphatic carbocycles. The van der Waals surface area contributed by atoms with Crippen molar-refractivity contribution in [1.29, 1.82) is 0 Å². The third kappa shape index (κ3) is 1.13. The van der Waals surface area contributed by atoms with Gasteiger partial charge in [0.1, 0.15) is 0 Å². The van der Waals surface area contributed by atoms with Crippen LogP contribution in [-0.4, -0.2) is 35.8 Å². The molecular formula is C7H7BN2O2. The summed E-state index contributed by atoms with van der Waals surface area (Å²) in [4.78, 5) is 8.04. The Morgan fingerprint density at radius 2 is 2.17 bits per heavy atom. The molecular weight excluding hydrogens is 155 g/mol. The van der Waals surface area contributed by atoms with Gasteiger partial charge in [-0.1, -0.05) is 6.08 Å². The van der Waals surface area contributed by atoms with Gasteiger partial charge in [-0.15, -0.1) is 0 Å². The van der Waals surface area contributed by atoms with E-state index in [9.17, 15) is 0 Å². The van der Waals surface area contributed by atoms with Crippen LogP contribution in [0.15, 0.2) is 33.2 Å². The maximum atomic E-state index is 8.83. The van der Waals surface area contributed by atoms with Crippen LogP contribution in [0.4, 0.5) is 0 Å². The number of rotatable bonds is 1. The highest BCUT2D eigenvalue weighted by Gasteiger charge is 2.21. The minimum atomic E-state index is -1.45. The zero-order valence-electron chi connectivity index (χ0n) is 6.25. The van der Waals surface area contributed by atoms with Crippen LogP contribution < -0.4 is 0 Å². The minimum Gasteiger partial charge on any atom is -0.423 e. The largest absolute Gasteiger partial charge is 0.490 e. The van der Waals surface area contributed by atoms with Crippen LogP contribution >= 0.6 is 0 Å². The summed E-state index contributed by atoms with van der Waals surface area (Å²) in [5.74, 6) is 0. The Balaban J connectivity index is 2.28. The Labute approximate surface area is 69.8 Å². The molecule has 2 heterocycles. The van der Waals surface area contributed by atoms with Gasteiger partial charge >= 0.3 is 7.12 Å². The van der Waals surface area contributed by atoms with Crippen LogP contribution in [0.3, 0.4) is 0 Å². The maximum Gasteiger partial charge on any atom is 0.490 e. The fourth-order valence-electron chi connectivity index (χ4n) is 1.16. The van der Waals surface area contributed by atoms with E-state index in [-0.39, 0.29) is 6.17 Å². The number of allylic oxidation sites excluding steroid dienone is 2. The predicted octanol–water partition coefficient (Wildman–Crippen LogP) is -0.654. The lowest BCUT2D eigenvalue weighted by atomic mass is 9.78. The minimum absolute atomic E-state index is 0.160. The highest BCUT2D eigenvalue weighted by molar-refractivity contribution is 6.57. The molecule has 2 N–H and O–H groups in total. The summed E-state index contributed by atoms with van der Waals surface area (Å²) in [7, 11) is -1.45. The number of fused-ring (bicyclic) bond motifs is 1. The lowest BCUT2D eigenvalue weighted by Crippen LogP contribution is -2.20. The molecule has 2 rings (SSSR count). The van der Waals surface area contributed by atoms with E-state index in [1.807, 2.05) is 6.08 Å². The normalized spacial score (nSPS) is 25.0. The molecule has 60 valence electrons. The van der Waals surface area contributed by atoms with Crippen molar-refractivity contribution in [3.63, 3.8) is 0 Å². The molecule has 0 fully saturated rings. The fraction of sp³-hybridized carbons (Fsp3) is 0.143. The first-order chi connectivity index (χ1) is 5.77. The molecule has 0 radical (unpaired) electrons. The van der Waals surface area contributed by atoms with Gasteiger partial charge in [0.05, 0.1) is 0 Å². The van der Waals surface area contributed by atoms with Crippen molar-refractivity contribution in [3.05, 3.63) is 23.2 Å². The molecule has 0 amide bonds. The molecule has 4 nitrogen and oxygen atoms in total. The number of aliphatic imine (C=N–C) groups is 2. The first-order valence-corrected chi connectivity index (χ1v) is 3.61. The molecule has 5 heteroatoms. The van der Waals surface area contributed by atoms with Crippen LogP contribution in [0, 0.1) is 0 Å². The number of nitrogens with zero attached hydrogens (tertiary/aromatic N) is 2. The summed E-state index contributed by atoms with van der Waals surface area (Å²) in [6.45, 7) is 0. The van der Waals surface area contributed by atoms with Gasteiger partial charge in [-0.25, -0.2) is 0 Å². The Morgan fingerprint density at radius 3 is 2.92 bits per heavy atom. The van der Waals surface area contributed by atoms with Crippen molar-refractivity contribution in [2.45, 2.75) is 6.17 Å². The lowest BCUT2D eigenvalue weighted by Gasteiger charge is -2.11. The predicted molar refractivity (Wildman–Crippen MR) is 47.1 cm³/mol. The van der Waals surface area contributed by atoms with Gasteiger partial charge in [0, 0.05) is 17.9 Å². The first kappa shape index (κ1) is 7.45. The fourth-order valence-corrected chi connectivity index (χ4v) is 1.16. The first-order valence-electron chi connectivity index (χ1n) is 3.61. The topological polar surface area (TPSA) is 65.2 Å². The molecule has 0 saturated carbocycles. The van der Waals surface area contributed by atoms with E-state index in [0.29, 0.717) is 5.47 Å². The summed E-state index contributed by atoms with van der Waals surface area (Å²) >= 11 is 0. The Hall–Kier alpha value is -1.20. The Kier molecular flexibility index (Phi) is 1.67. The average Bonchev–Trinajstić information content (AvgIpc) is 2.49. The summed E-state index contributed by atoms with van der Waals surface area (Å²) in [6, 6.07) is 0. The number of dihydropyridines is 1. The zero-order valence-corrected chi connectivity index (χ0v) is 6.25. The summed E-state index contributed by atoms with van der Waals surface area (Å²) in [6.07, 6.45) is 6.45. The molecule has 0 saturated heterocycles. The van der Waals surface area contributed by atoms with Gasteiger partial charge in [0.15, 0.2) is 6.17 Å². The van der Waals surface area contributed by atoms with Gasteiger partial charge in [0.2, 0.25) is 0 Å². The van der Waals surface area contributed by atoms with E-state index in [0.717, 1.165) is 5.57 Å². The second-order valence-corrected chi connectivity index (χ2v) is 2.63. The second kappa shape index (κ2) is 2.69. The summed E-state index contributed by atoms with van der Waals surface area (Å²) < 4.78 is 0.